The topological polar surface area (TPSA) is 343 Å². The number of carboxylic acids is 1. The Labute approximate surface area is 254 Å². The maximum absolute atomic E-state index is 13.4. The van der Waals surface area contributed by atoms with Gasteiger partial charge in [-0.2, -0.15) is 0 Å². The minimum absolute atomic E-state index is 0.0175. The molecule has 4 atom stereocenters. The van der Waals surface area contributed by atoms with Gasteiger partial charge in [0.1, 0.15) is 23.9 Å². The Morgan fingerprint density at radius 2 is 1.20 bits per heavy atom. The molecule has 1 aromatic rings. The minimum Gasteiger partial charge on any atom is -0.508 e. The van der Waals surface area contributed by atoms with Crippen molar-refractivity contribution in [3.63, 3.8) is 0 Å². The van der Waals surface area contributed by atoms with E-state index in [1.54, 1.807) is 0 Å². The average Bonchev–Trinajstić information content (AvgIpc) is 2.94. The third kappa shape index (κ3) is 15.2. The molecular weight excluding hydrogens is 578 g/mol. The lowest BCUT2D eigenvalue weighted by molar-refractivity contribution is -0.142. The van der Waals surface area contributed by atoms with E-state index in [-0.39, 0.29) is 69.3 Å². The van der Waals surface area contributed by atoms with Crippen LogP contribution in [-0.2, 0) is 30.4 Å². The first kappa shape index (κ1) is 36.9. The van der Waals surface area contributed by atoms with Crippen LogP contribution in [0.25, 0.3) is 0 Å². The van der Waals surface area contributed by atoms with Crippen LogP contribution in [-0.4, -0.2) is 89.0 Å². The number of benzene rings is 1. The quantitative estimate of drug-likeness (QED) is 0.0379. The summed E-state index contributed by atoms with van der Waals surface area (Å²) in [6.07, 6.45) is 0.140. The molecule has 0 aliphatic carbocycles. The first-order valence-electron chi connectivity index (χ1n) is 13.8. The lowest BCUT2D eigenvalue weighted by Gasteiger charge is -2.25. The summed E-state index contributed by atoms with van der Waals surface area (Å²) in [5, 5.41) is 26.6. The van der Waals surface area contributed by atoms with Crippen molar-refractivity contribution in [2.45, 2.75) is 69.1 Å². The summed E-state index contributed by atoms with van der Waals surface area (Å²) < 4.78 is 0. The van der Waals surface area contributed by atoms with Crippen molar-refractivity contribution in [2.75, 3.05) is 13.1 Å². The van der Waals surface area contributed by atoms with Gasteiger partial charge in [-0.05, 0) is 49.8 Å². The van der Waals surface area contributed by atoms with Gasteiger partial charge >= 0.3 is 5.97 Å². The standard InChI is InChI=1S/C26H43N11O7/c27-16(3-1-11-33-25(29)30)21(40)37-19(13-14-5-7-15(38)8-6-14)23(42)35-17(9-10-20(28)39)22(41)36-18(24(43)44)4-2-12-34-26(31)32/h5-8,16-19,38H,1-4,9-13,27H2,(H2,28,39)(H,35,42)(H,36,41)(H,37,40)(H,43,44)(H4,29,30,33)(H4,31,32,34). The van der Waals surface area contributed by atoms with Crippen LogP contribution in [0.3, 0.4) is 0 Å². The van der Waals surface area contributed by atoms with Gasteiger partial charge in [0.05, 0.1) is 6.04 Å². The zero-order chi connectivity index (χ0) is 33.2. The van der Waals surface area contributed by atoms with Crippen molar-refractivity contribution < 1.29 is 34.2 Å². The number of aliphatic carboxylic acids is 1. The van der Waals surface area contributed by atoms with Gasteiger partial charge in [-0.1, -0.05) is 12.1 Å². The summed E-state index contributed by atoms with van der Waals surface area (Å²) in [6, 6.07) is 0.838. The SMILES string of the molecule is NC(=O)CCC(NC(=O)C(Cc1ccc(O)cc1)NC(=O)C(N)CCCN=C(N)N)C(=O)NC(CCCN=C(N)N)C(=O)O. The van der Waals surface area contributed by atoms with Crippen molar-refractivity contribution in [3.05, 3.63) is 29.8 Å². The van der Waals surface area contributed by atoms with Gasteiger partial charge in [0.15, 0.2) is 11.9 Å². The number of hydrogen-bond acceptors (Lipinski definition) is 9. The van der Waals surface area contributed by atoms with Gasteiger partial charge in [0.25, 0.3) is 0 Å². The largest absolute Gasteiger partial charge is 0.508 e. The second-order valence-electron chi connectivity index (χ2n) is 9.90. The number of phenolic OH excluding ortho intramolecular Hbond substituents is 1. The summed E-state index contributed by atoms with van der Waals surface area (Å²) in [5.41, 5.74) is 32.9. The van der Waals surface area contributed by atoms with Crippen LogP contribution in [0.2, 0.25) is 0 Å². The summed E-state index contributed by atoms with van der Waals surface area (Å²) in [4.78, 5) is 70.3. The number of rotatable bonds is 20. The number of carboxylic acid groups (broad SMARTS) is 1. The van der Waals surface area contributed by atoms with E-state index in [1.165, 1.54) is 24.3 Å². The van der Waals surface area contributed by atoms with Crippen LogP contribution in [0.15, 0.2) is 34.3 Å². The summed E-state index contributed by atoms with van der Waals surface area (Å²) in [6.45, 7) is 0.363. The molecule has 0 spiro atoms. The summed E-state index contributed by atoms with van der Waals surface area (Å²) in [7, 11) is 0. The van der Waals surface area contributed by atoms with E-state index in [2.05, 4.69) is 25.9 Å². The molecule has 0 aliphatic heterocycles. The Morgan fingerprint density at radius 3 is 1.73 bits per heavy atom. The van der Waals surface area contributed by atoms with E-state index >= 15 is 0 Å². The predicted octanol–water partition coefficient (Wildman–Crippen LogP) is -3.83. The number of guanidine groups is 2. The first-order chi connectivity index (χ1) is 20.7. The molecule has 4 unspecified atom stereocenters. The van der Waals surface area contributed by atoms with E-state index < -0.39 is 53.8 Å². The molecule has 0 heterocycles. The van der Waals surface area contributed by atoms with Crippen LogP contribution in [0.1, 0.15) is 44.1 Å². The van der Waals surface area contributed by atoms with E-state index in [1.807, 2.05) is 0 Å². The molecule has 1 aromatic carbocycles. The molecule has 1 rings (SSSR count). The molecule has 44 heavy (non-hydrogen) atoms. The number of aliphatic imine (C=N–C) groups is 2. The minimum atomic E-state index is -1.39. The van der Waals surface area contributed by atoms with Crippen molar-refractivity contribution in [2.24, 2.45) is 44.4 Å². The molecule has 0 saturated carbocycles. The van der Waals surface area contributed by atoms with Crippen molar-refractivity contribution in [3.8, 4) is 5.75 Å². The first-order valence-corrected chi connectivity index (χ1v) is 13.8. The lowest BCUT2D eigenvalue weighted by atomic mass is 10.0. The number of nitrogens with one attached hydrogen (secondary N) is 3. The second kappa shape index (κ2) is 19.1. The highest BCUT2D eigenvalue weighted by Crippen LogP contribution is 2.12. The van der Waals surface area contributed by atoms with E-state index in [4.69, 9.17) is 34.4 Å². The number of carbonyl (C=O) groups excluding carboxylic acids is 4. The van der Waals surface area contributed by atoms with Gasteiger partial charge in [0, 0.05) is 25.9 Å². The number of nitrogens with two attached hydrogens (primary N) is 6. The maximum atomic E-state index is 13.4. The van der Waals surface area contributed by atoms with Gasteiger partial charge in [-0.3, -0.25) is 29.2 Å². The van der Waals surface area contributed by atoms with E-state index in [0.717, 1.165) is 0 Å². The molecule has 244 valence electrons. The number of phenols is 1. The van der Waals surface area contributed by atoms with Crippen LogP contribution >= 0.6 is 0 Å². The Hall–Kier alpha value is -5.13. The highest BCUT2D eigenvalue weighted by atomic mass is 16.4. The maximum Gasteiger partial charge on any atom is 0.326 e. The monoisotopic (exact) mass is 621 g/mol. The number of hydrogen-bond donors (Lipinski definition) is 11. The van der Waals surface area contributed by atoms with Crippen LogP contribution in [0.4, 0.5) is 0 Å². The fraction of sp³-hybridized carbons (Fsp3) is 0.500. The number of aromatic hydroxyl groups is 1. The van der Waals surface area contributed by atoms with Crippen molar-refractivity contribution in [1.29, 1.82) is 0 Å². The van der Waals surface area contributed by atoms with Crippen LogP contribution < -0.4 is 50.4 Å². The summed E-state index contributed by atoms with van der Waals surface area (Å²) >= 11 is 0. The molecule has 0 saturated heterocycles. The van der Waals surface area contributed by atoms with Gasteiger partial charge in [0.2, 0.25) is 23.6 Å². The van der Waals surface area contributed by atoms with E-state index in [9.17, 15) is 34.2 Å². The van der Waals surface area contributed by atoms with Gasteiger partial charge in [-0.15, -0.1) is 0 Å². The molecule has 18 nitrogen and oxygen atoms in total. The third-order valence-corrected chi connectivity index (χ3v) is 6.19. The number of nitrogens with zero attached hydrogens (tertiary/aromatic N) is 2. The smallest absolute Gasteiger partial charge is 0.326 e. The number of primary amides is 1. The Kier molecular flexibility index (Phi) is 16.0. The molecule has 17 N–H and O–H groups in total. The fourth-order valence-corrected chi connectivity index (χ4v) is 3.87. The molecule has 0 radical (unpaired) electrons. The van der Waals surface area contributed by atoms with Crippen molar-refractivity contribution in [1.82, 2.24) is 16.0 Å². The third-order valence-electron chi connectivity index (χ3n) is 6.19. The van der Waals surface area contributed by atoms with Crippen LogP contribution in [0, 0.1) is 0 Å². The Morgan fingerprint density at radius 1 is 0.705 bits per heavy atom. The molecule has 4 amide bonds. The van der Waals surface area contributed by atoms with E-state index in [0.29, 0.717) is 12.0 Å². The van der Waals surface area contributed by atoms with Gasteiger partial charge in [-0.25, -0.2) is 4.79 Å². The van der Waals surface area contributed by atoms with Gasteiger partial charge < -0.3 is 60.6 Å². The fourth-order valence-electron chi connectivity index (χ4n) is 3.87. The Bertz CT molecular complexity index is 1180. The highest BCUT2D eigenvalue weighted by molar-refractivity contribution is 5.94. The molecule has 0 aromatic heterocycles. The molecule has 18 heteroatoms. The summed E-state index contributed by atoms with van der Waals surface area (Å²) in [5.74, 6) is -4.77. The van der Waals surface area contributed by atoms with Crippen LogP contribution in [0.5, 0.6) is 5.75 Å². The second-order valence-corrected chi connectivity index (χ2v) is 9.90. The molecule has 0 bridgehead atoms. The zero-order valence-corrected chi connectivity index (χ0v) is 24.3. The normalized spacial score (nSPS) is 13.3. The lowest BCUT2D eigenvalue weighted by Crippen LogP contribution is -2.57. The zero-order valence-electron chi connectivity index (χ0n) is 24.3. The highest BCUT2D eigenvalue weighted by Gasteiger charge is 2.30. The Balaban J connectivity index is 3.11. The predicted molar refractivity (Wildman–Crippen MR) is 161 cm³/mol. The molecule has 0 aliphatic rings. The number of amides is 4. The van der Waals surface area contributed by atoms with Crippen molar-refractivity contribution >= 4 is 41.5 Å². The molecular formula is C26H43N11O7. The average molecular weight is 622 g/mol. The number of carbonyl (C=O) groups is 5. The molecule has 0 fully saturated rings.